The van der Waals surface area contributed by atoms with Crippen molar-refractivity contribution in [2.24, 2.45) is 0 Å². The number of aliphatic hydroxyl groups is 1. The van der Waals surface area contributed by atoms with Gasteiger partial charge in [0.1, 0.15) is 0 Å². The molecule has 0 aliphatic rings. The van der Waals surface area contributed by atoms with Crippen LogP contribution in [-0.4, -0.2) is 16.0 Å². The van der Waals surface area contributed by atoms with Crippen molar-refractivity contribution in [1.82, 2.24) is 4.98 Å². The number of benzene rings is 1. The Balaban J connectivity index is 2.26. The van der Waals surface area contributed by atoms with E-state index in [2.05, 4.69) is 26.2 Å². The van der Waals surface area contributed by atoms with Crippen LogP contribution in [-0.2, 0) is 6.61 Å². The molecule has 98 valence electrons. The zero-order valence-corrected chi connectivity index (χ0v) is 12.1. The fourth-order valence-electron chi connectivity index (χ4n) is 1.54. The van der Waals surface area contributed by atoms with Crippen LogP contribution in [0.2, 0.25) is 5.02 Å². The zero-order valence-electron chi connectivity index (χ0n) is 9.73. The predicted molar refractivity (Wildman–Crippen MR) is 77.3 cm³/mol. The third-order valence-electron chi connectivity index (χ3n) is 2.51. The molecule has 19 heavy (non-hydrogen) atoms. The Bertz CT molecular complexity index is 619. The number of carbonyl (C=O) groups excluding carboxylic acids is 1. The first-order valence-corrected chi connectivity index (χ1v) is 6.59. The second-order valence-corrected chi connectivity index (χ2v) is 5.06. The summed E-state index contributed by atoms with van der Waals surface area (Å²) in [5, 5.41) is 12.4. The van der Waals surface area contributed by atoms with Crippen LogP contribution in [0.1, 0.15) is 15.9 Å². The van der Waals surface area contributed by atoms with Gasteiger partial charge in [-0.25, -0.2) is 0 Å². The van der Waals surface area contributed by atoms with Gasteiger partial charge in [-0.05, 0) is 40.2 Å². The second kappa shape index (κ2) is 6.14. The molecule has 0 saturated carbocycles. The summed E-state index contributed by atoms with van der Waals surface area (Å²) in [6.45, 7) is -0.167. The van der Waals surface area contributed by atoms with Gasteiger partial charge in [-0.15, -0.1) is 0 Å². The Morgan fingerprint density at radius 3 is 2.89 bits per heavy atom. The predicted octanol–water partition coefficient (Wildman–Crippen LogP) is 3.24. The van der Waals surface area contributed by atoms with E-state index in [0.717, 1.165) is 0 Å². The van der Waals surface area contributed by atoms with Gasteiger partial charge in [0.25, 0.3) is 5.91 Å². The fourth-order valence-corrected chi connectivity index (χ4v) is 2.40. The van der Waals surface area contributed by atoms with Crippen LogP contribution in [0.3, 0.4) is 0 Å². The average molecular weight is 342 g/mol. The lowest BCUT2D eigenvalue weighted by Gasteiger charge is -2.09. The van der Waals surface area contributed by atoms with Gasteiger partial charge in [0.2, 0.25) is 0 Å². The summed E-state index contributed by atoms with van der Waals surface area (Å²) in [6.07, 6.45) is 3.05. The number of nitrogens with zero attached hydrogens (tertiary/aromatic N) is 1. The average Bonchev–Trinajstić information content (AvgIpc) is 2.39. The summed E-state index contributed by atoms with van der Waals surface area (Å²) in [4.78, 5) is 16.0. The topological polar surface area (TPSA) is 62.2 Å². The molecule has 4 nitrogen and oxygen atoms in total. The van der Waals surface area contributed by atoms with Gasteiger partial charge in [0.05, 0.1) is 24.1 Å². The number of rotatable bonds is 3. The monoisotopic (exact) mass is 340 g/mol. The van der Waals surface area contributed by atoms with Crippen LogP contribution in [0.15, 0.2) is 41.1 Å². The molecule has 6 heteroatoms. The molecule has 0 aliphatic carbocycles. The highest BCUT2D eigenvalue weighted by atomic mass is 79.9. The van der Waals surface area contributed by atoms with Crippen molar-refractivity contribution in [2.45, 2.75) is 6.61 Å². The van der Waals surface area contributed by atoms with Crippen molar-refractivity contribution < 1.29 is 9.90 Å². The highest BCUT2D eigenvalue weighted by Gasteiger charge is 2.12. The maximum atomic E-state index is 12.1. The quantitative estimate of drug-likeness (QED) is 0.901. The summed E-state index contributed by atoms with van der Waals surface area (Å²) in [5.74, 6) is -0.300. The third kappa shape index (κ3) is 3.32. The number of hydrogen-bond acceptors (Lipinski definition) is 3. The molecular formula is C13H10BrClN2O2. The summed E-state index contributed by atoms with van der Waals surface area (Å²) in [5.41, 5.74) is 1.54. The molecule has 0 aliphatic heterocycles. The molecular weight excluding hydrogens is 332 g/mol. The lowest BCUT2D eigenvalue weighted by atomic mass is 10.2. The van der Waals surface area contributed by atoms with E-state index in [1.807, 2.05) is 0 Å². The number of amides is 1. The number of pyridine rings is 1. The van der Waals surface area contributed by atoms with Gasteiger partial charge >= 0.3 is 0 Å². The molecule has 0 fully saturated rings. The Kier molecular flexibility index (Phi) is 4.52. The minimum Gasteiger partial charge on any atom is -0.392 e. The molecule has 0 spiro atoms. The number of aliphatic hydroxyl groups excluding tert-OH is 1. The Morgan fingerprint density at radius 2 is 2.21 bits per heavy atom. The molecule has 0 bridgehead atoms. The first-order valence-electron chi connectivity index (χ1n) is 5.42. The summed E-state index contributed by atoms with van der Waals surface area (Å²) < 4.78 is 0.604. The van der Waals surface area contributed by atoms with E-state index < -0.39 is 0 Å². The maximum Gasteiger partial charge on any atom is 0.256 e. The summed E-state index contributed by atoms with van der Waals surface area (Å²) >= 11 is 9.11. The van der Waals surface area contributed by atoms with Crippen LogP contribution in [0, 0.1) is 0 Å². The molecule has 0 atom stereocenters. The van der Waals surface area contributed by atoms with Crippen molar-refractivity contribution in [2.75, 3.05) is 5.32 Å². The molecule has 1 heterocycles. The molecule has 1 amide bonds. The van der Waals surface area contributed by atoms with Crippen molar-refractivity contribution in [3.05, 3.63) is 57.3 Å². The Labute approximate surface area is 123 Å². The SMILES string of the molecule is O=C(Nc1cnccc1CO)c1ccc(Cl)cc1Br. The van der Waals surface area contributed by atoms with Gasteiger partial charge in [0.15, 0.2) is 0 Å². The van der Waals surface area contributed by atoms with Gasteiger partial charge < -0.3 is 10.4 Å². The number of hydrogen-bond donors (Lipinski definition) is 2. The number of nitrogens with one attached hydrogen (secondary N) is 1. The molecule has 2 aromatic rings. The first-order chi connectivity index (χ1) is 9.11. The molecule has 1 aromatic heterocycles. The summed E-state index contributed by atoms with van der Waals surface area (Å²) in [6, 6.07) is 6.55. The van der Waals surface area contributed by atoms with Crippen molar-refractivity contribution in [3.8, 4) is 0 Å². The molecule has 0 radical (unpaired) electrons. The smallest absolute Gasteiger partial charge is 0.256 e. The number of halogens is 2. The van der Waals surface area contributed by atoms with E-state index in [1.165, 1.54) is 6.20 Å². The van der Waals surface area contributed by atoms with Gasteiger partial charge in [-0.3, -0.25) is 9.78 Å². The van der Waals surface area contributed by atoms with E-state index in [4.69, 9.17) is 11.6 Å². The standard InChI is InChI=1S/C13H10BrClN2O2/c14-11-5-9(15)1-2-10(11)13(19)17-12-6-16-4-3-8(12)7-18/h1-6,18H,7H2,(H,17,19). The first kappa shape index (κ1) is 14.0. The molecule has 0 unspecified atom stereocenters. The summed E-state index contributed by atoms with van der Waals surface area (Å²) in [7, 11) is 0. The van der Waals surface area contributed by atoms with Gasteiger partial charge in [-0.2, -0.15) is 0 Å². The van der Waals surface area contributed by atoms with Crippen molar-refractivity contribution in [1.29, 1.82) is 0 Å². The Hall–Kier alpha value is -1.43. The zero-order chi connectivity index (χ0) is 13.8. The Morgan fingerprint density at radius 1 is 1.42 bits per heavy atom. The fraction of sp³-hybridized carbons (Fsp3) is 0.0769. The van der Waals surface area contributed by atoms with E-state index in [0.29, 0.717) is 26.3 Å². The maximum absolute atomic E-state index is 12.1. The van der Waals surface area contributed by atoms with E-state index in [-0.39, 0.29) is 12.5 Å². The number of carbonyl (C=O) groups is 1. The molecule has 0 saturated heterocycles. The molecule has 1 aromatic carbocycles. The number of anilines is 1. The minimum absolute atomic E-state index is 0.167. The largest absolute Gasteiger partial charge is 0.392 e. The van der Waals surface area contributed by atoms with Gasteiger partial charge in [-0.1, -0.05) is 11.6 Å². The molecule has 2 N–H and O–H groups in total. The lowest BCUT2D eigenvalue weighted by Crippen LogP contribution is -2.14. The molecule has 2 rings (SSSR count). The normalized spacial score (nSPS) is 10.3. The second-order valence-electron chi connectivity index (χ2n) is 3.77. The van der Waals surface area contributed by atoms with Crippen LogP contribution in [0.4, 0.5) is 5.69 Å². The van der Waals surface area contributed by atoms with Crippen molar-refractivity contribution >= 4 is 39.1 Å². The van der Waals surface area contributed by atoms with E-state index in [1.54, 1.807) is 30.5 Å². The van der Waals surface area contributed by atoms with Crippen LogP contribution < -0.4 is 5.32 Å². The number of aromatic nitrogens is 1. The highest BCUT2D eigenvalue weighted by Crippen LogP contribution is 2.23. The van der Waals surface area contributed by atoms with Gasteiger partial charge in [0, 0.05) is 21.3 Å². The lowest BCUT2D eigenvalue weighted by molar-refractivity contribution is 0.102. The van der Waals surface area contributed by atoms with Crippen LogP contribution in [0.25, 0.3) is 0 Å². The van der Waals surface area contributed by atoms with Crippen LogP contribution in [0.5, 0.6) is 0 Å². The highest BCUT2D eigenvalue weighted by molar-refractivity contribution is 9.10. The van der Waals surface area contributed by atoms with E-state index in [9.17, 15) is 9.90 Å². The minimum atomic E-state index is -0.300. The van der Waals surface area contributed by atoms with Crippen molar-refractivity contribution in [3.63, 3.8) is 0 Å². The van der Waals surface area contributed by atoms with E-state index >= 15 is 0 Å². The van der Waals surface area contributed by atoms with Crippen LogP contribution >= 0.6 is 27.5 Å². The third-order valence-corrected chi connectivity index (χ3v) is 3.40.